The van der Waals surface area contributed by atoms with Gasteiger partial charge in [-0.05, 0) is 24.6 Å². The monoisotopic (exact) mass is 344 g/mol. The van der Waals surface area contributed by atoms with Gasteiger partial charge in [-0.3, -0.25) is 9.59 Å². The molecule has 0 heterocycles. The summed E-state index contributed by atoms with van der Waals surface area (Å²) in [4.78, 5) is 25.6. The highest BCUT2D eigenvalue weighted by atomic mass is 35.5. The van der Waals surface area contributed by atoms with Crippen molar-refractivity contribution in [3.8, 4) is 0 Å². The van der Waals surface area contributed by atoms with Gasteiger partial charge in [-0.25, -0.2) is 0 Å². The fraction of sp³-hybridized carbons (Fsp3) is 0.500. The van der Waals surface area contributed by atoms with Gasteiger partial charge in [-0.2, -0.15) is 0 Å². The van der Waals surface area contributed by atoms with Gasteiger partial charge in [-0.1, -0.05) is 50.0 Å². The third kappa shape index (κ3) is 4.89. The Balaban J connectivity index is 2.72. The van der Waals surface area contributed by atoms with Crippen LogP contribution in [-0.2, 0) is 9.59 Å². The van der Waals surface area contributed by atoms with Gasteiger partial charge in [0, 0.05) is 22.5 Å². The lowest BCUT2D eigenvalue weighted by atomic mass is 9.96. The average molecular weight is 345 g/mol. The summed E-state index contributed by atoms with van der Waals surface area (Å²) >= 11 is 12.0. The summed E-state index contributed by atoms with van der Waals surface area (Å²) in [7, 11) is 1.68. The molecule has 22 heavy (non-hydrogen) atoms. The molecule has 0 aliphatic heterocycles. The van der Waals surface area contributed by atoms with Crippen LogP contribution in [0.4, 0.5) is 0 Å². The highest BCUT2D eigenvalue weighted by molar-refractivity contribution is 6.35. The zero-order chi connectivity index (χ0) is 17.1. The van der Waals surface area contributed by atoms with E-state index in [1.165, 1.54) is 0 Å². The van der Waals surface area contributed by atoms with Crippen molar-refractivity contribution >= 4 is 35.0 Å². The van der Waals surface area contributed by atoms with E-state index >= 15 is 0 Å². The molecular weight excluding hydrogens is 323 g/mol. The molecule has 1 rings (SSSR count). The van der Waals surface area contributed by atoms with E-state index in [4.69, 9.17) is 23.2 Å². The van der Waals surface area contributed by atoms with Crippen LogP contribution in [-0.4, -0.2) is 30.3 Å². The minimum absolute atomic E-state index is 0.0395. The Kier molecular flexibility index (Phi) is 6.27. The third-order valence-corrected chi connectivity index (χ3v) is 4.03. The predicted molar refractivity (Wildman–Crippen MR) is 90.1 cm³/mol. The maximum atomic E-state index is 12.2. The number of carbonyl (C=O) groups is 2. The summed E-state index contributed by atoms with van der Waals surface area (Å²) in [5.74, 6) is -0.345. The van der Waals surface area contributed by atoms with Crippen molar-refractivity contribution in [2.75, 3.05) is 13.6 Å². The normalized spacial score (nSPS) is 12.7. The summed E-state index contributed by atoms with van der Waals surface area (Å²) in [5.41, 5.74) is 0.285. The molecule has 0 bridgehead atoms. The Morgan fingerprint density at radius 2 is 1.86 bits per heavy atom. The van der Waals surface area contributed by atoms with E-state index in [1.807, 2.05) is 6.92 Å². The van der Waals surface area contributed by atoms with E-state index in [2.05, 4.69) is 5.32 Å². The first kappa shape index (κ1) is 18.8. The minimum Gasteiger partial charge on any atom is -0.347 e. The van der Waals surface area contributed by atoms with E-state index in [0.717, 1.165) is 5.56 Å². The van der Waals surface area contributed by atoms with Crippen LogP contribution in [0.3, 0.4) is 0 Å². The molecule has 4 nitrogen and oxygen atoms in total. The molecular formula is C16H22Cl2N2O2. The summed E-state index contributed by atoms with van der Waals surface area (Å²) < 4.78 is 0. The number of nitrogens with zero attached hydrogens (tertiary/aromatic N) is 1. The quantitative estimate of drug-likeness (QED) is 0.905. The predicted octanol–water partition coefficient (Wildman–Crippen LogP) is 3.68. The van der Waals surface area contributed by atoms with E-state index in [9.17, 15) is 9.59 Å². The Labute approximate surface area is 141 Å². The first-order valence-corrected chi connectivity index (χ1v) is 7.78. The zero-order valence-electron chi connectivity index (χ0n) is 13.5. The van der Waals surface area contributed by atoms with Crippen LogP contribution in [0.15, 0.2) is 18.2 Å². The smallest absolute Gasteiger partial charge is 0.242 e. The van der Waals surface area contributed by atoms with Gasteiger partial charge < -0.3 is 10.2 Å². The number of benzene rings is 1. The van der Waals surface area contributed by atoms with Crippen LogP contribution in [0.25, 0.3) is 0 Å². The molecule has 1 aromatic rings. The number of halogens is 2. The molecule has 1 N–H and O–H groups in total. The molecule has 1 aromatic carbocycles. The molecule has 0 aliphatic rings. The van der Waals surface area contributed by atoms with Gasteiger partial charge in [0.1, 0.15) is 0 Å². The Morgan fingerprint density at radius 3 is 2.36 bits per heavy atom. The lowest BCUT2D eigenvalue weighted by Gasteiger charge is -2.27. The number of carbonyl (C=O) groups excluding carboxylic acids is 2. The number of hydrogen-bond acceptors (Lipinski definition) is 2. The number of amides is 2. The minimum atomic E-state index is -0.524. The van der Waals surface area contributed by atoms with Crippen LogP contribution >= 0.6 is 23.2 Å². The molecule has 1 atom stereocenters. The summed E-state index contributed by atoms with van der Waals surface area (Å²) in [6, 6.07) is 4.96. The van der Waals surface area contributed by atoms with Crippen molar-refractivity contribution in [2.45, 2.75) is 33.7 Å². The summed E-state index contributed by atoms with van der Waals surface area (Å²) in [6.45, 7) is 7.23. The number of hydrogen-bond donors (Lipinski definition) is 1. The Bertz CT molecular complexity index is 568. The molecule has 0 saturated heterocycles. The van der Waals surface area contributed by atoms with Crippen molar-refractivity contribution in [2.24, 2.45) is 5.41 Å². The maximum absolute atomic E-state index is 12.2. The van der Waals surface area contributed by atoms with Gasteiger partial charge in [0.25, 0.3) is 0 Å². The number of nitrogens with one attached hydrogen (secondary N) is 1. The highest BCUT2D eigenvalue weighted by Crippen LogP contribution is 2.29. The number of rotatable bonds is 4. The SMILES string of the molecule is CC(c1ccc(Cl)cc1Cl)N(C)C(=O)CNC(=O)C(C)(C)C. The molecule has 1 unspecified atom stereocenters. The molecule has 0 radical (unpaired) electrons. The first-order valence-electron chi connectivity index (χ1n) is 7.03. The zero-order valence-corrected chi connectivity index (χ0v) is 15.0. The van der Waals surface area contributed by atoms with Crippen LogP contribution in [0, 0.1) is 5.41 Å². The van der Waals surface area contributed by atoms with Gasteiger partial charge in [0.15, 0.2) is 0 Å². The number of likely N-dealkylation sites (N-methyl/N-ethyl adjacent to an activating group) is 1. The van der Waals surface area contributed by atoms with E-state index in [1.54, 1.807) is 50.9 Å². The average Bonchev–Trinajstić information content (AvgIpc) is 2.41. The maximum Gasteiger partial charge on any atom is 0.242 e. The Morgan fingerprint density at radius 1 is 1.27 bits per heavy atom. The summed E-state index contributed by atoms with van der Waals surface area (Å²) in [5, 5.41) is 3.71. The van der Waals surface area contributed by atoms with E-state index < -0.39 is 5.41 Å². The second-order valence-corrected chi connectivity index (χ2v) is 7.12. The van der Waals surface area contributed by atoms with Crippen LogP contribution in [0.2, 0.25) is 10.0 Å². The fourth-order valence-electron chi connectivity index (χ4n) is 1.81. The van der Waals surface area contributed by atoms with Crippen molar-refractivity contribution in [3.05, 3.63) is 33.8 Å². The Hall–Kier alpha value is -1.26. The second kappa shape index (κ2) is 7.34. The molecule has 0 spiro atoms. The fourth-order valence-corrected chi connectivity index (χ4v) is 2.38. The standard InChI is InChI=1S/C16H22Cl2N2O2/c1-10(12-7-6-11(17)8-13(12)18)20(5)14(21)9-19-15(22)16(2,3)4/h6-8,10H,9H2,1-5H3,(H,19,22). The third-order valence-electron chi connectivity index (χ3n) is 3.47. The topological polar surface area (TPSA) is 49.4 Å². The van der Waals surface area contributed by atoms with Crippen LogP contribution in [0.5, 0.6) is 0 Å². The summed E-state index contributed by atoms with van der Waals surface area (Å²) in [6.07, 6.45) is 0. The van der Waals surface area contributed by atoms with E-state index in [0.29, 0.717) is 10.0 Å². The lowest BCUT2D eigenvalue weighted by Crippen LogP contribution is -2.43. The van der Waals surface area contributed by atoms with Crippen molar-refractivity contribution in [3.63, 3.8) is 0 Å². The largest absolute Gasteiger partial charge is 0.347 e. The molecule has 0 fully saturated rings. The first-order chi connectivity index (χ1) is 10.0. The van der Waals surface area contributed by atoms with Crippen molar-refractivity contribution < 1.29 is 9.59 Å². The molecule has 122 valence electrons. The van der Waals surface area contributed by atoms with Crippen molar-refractivity contribution in [1.82, 2.24) is 10.2 Å². The van der Waals surface area contributed by atoms with E-state index in [-0.39, 0.29) is 24.4 Å². The van der Waals surface area contributed by atoms with Crippen LogP contribution in [0.1, 0.15) is 39.3 Å². The van der Waals surface area contributed by atoms with Crippen LogP contribution < -0.4 is 5.32 Å². The van der Waals surface area contributed by atoms with Gasteiger partial charge in [0.2, 0.25) is 11.8 Å². The lowest BCUT2D eigenvalue weighted by molar-refractivity contribution is -0.135. The molecule has 2 amide bonds. The molecule has 0 aliphatic carbocycles. The van der Waals surface area contributed by atoms with Gasteiger partial charge in [-0.15, -0.1) is 0 Å². The molecule has 6 heteroatoms. The second-order valence-electron chi connectivity index (χ2n) is 6.28. The molecule has 0 aromatic heterocycles. The van der Waals surface area contributed by atoms with Crippen molar-refractivity contribution in [1.29, 1.82) is 0 Å². The van der Waals surface area contributed by atoms with Gasteiger partial charge >= 0.3 is 0 Å². The highest BCUT2D eigenvalue weighted by Gasteiger charge is 2.24. The molecule has 0 saturated carbocycles. The van der Waals surface area contributed by atoms with Gasteiger partial charge in [0.05, 0.1) is 12.6 Å².